The van der Waals surface area contributed by atoms with Gasteiger partial charge in [0.2, 0.25) is 0 Å². The van der Waals surface area contributed by atoms with E-state index in [0.717, 1.165) is 12.5 Å². The Morgan fingerprint density at radius 3 is 1.94 bits per heavy atom. The van der Waals surface area contributed by atoms with Crippen LogP contribution in [0.15, 0.2) is 0 Å². The van der Waals surface area contributed by atoms with Gasteiger partial charge in [-0.2, -0.15) is 0 Å². The Balaban J connectivity index is 3.41. The van der Waals surface area contributed by atoms with Crippen molar-refractivity contribution in [3.8, 4) is 0 Å². The Morgan fingerprint density at radius 2 is 1.50 bits per heavy atom. The van der Waals surface area contributed by atoms with Gasteiger partial charge in [-0.3, -0.25) is 0 Å². The summed E-state index contributed by atoms with van der Waals surface area (Å²) >= 11 is 0. The van der Waals surface area contributed by atoms with E-state index in [-0.39, 0.29) is 0 Å². The minimum absolute atomic E-state index is 0.415. The van der Waals surface area contributed by atoms with E-state index < -0.39 is 0 Å². The number of unbranched alkanes of at least 4 members (excludes halogenated alkanes) is 1. The molecular weight excluding hydrogens is 194 g/mol. The van der Waals surface area contributed by atoms with Crippen molar-refractivity contribution in [3.05, 3.63) is 0 Å². The van der Waals surface area contributed by atoms with E-state index in [2.05, 4.69) is 53.8 Å². The topological polar surface area (TPSA) is 12.0 Å². The third-order valence-corrected chi connectivity index (χ3v) is 3.37. The normalized spacial score (nSPS) is 15.2. The molecule has 0 saturated carbocycles. The minimum atomic E-state index is 0.415. The lowest BCUT2D eigenvalue weighted by Crippen LogP contribution is -2.27. The molecule has 0 radical (unpaired) electrons. The average Bonchev–Trinajstić information content (AvgIpc) is 2.07. The van der Waals surface area contributed by atoms with E-state index in [1.165, 1.54) is 25.8 Å². The second-order valence-corrected chi connectivity index (χ2v) is 7.50. The van der Waals surface area contributed by atoms with Gasteiger partial charge in [-0.05, 0) is 36.3 Å². The molecule has 0 rings (SSSR count). The molecule has 0 spiro atoms. The van der Waals surface area contributed by atoms with Gasteiger partial charge in [0.1, 0.15) is 0 Å². The maximum absolute atomic E-state index is 3.54. The molecule has 0 aliphatic rings. The molecule has 1 heteroatoms. The van der Waals surface area contributed by atoms with E-state index in [4.69, 9.17) is 0 Å². The SMILES string of the molecule is C[C@H](CCCCNCC(C)(C)C)C(C)(C)C. The lowest BCUT2D eigenvalue weighted by Gasteiger charge is -2.27. The zero-order valence-electron chi connectivity index (χ0n) is 12.6. The molecule has 1 nitrogen and oxygen atoms in total. The summed E-state index contributed by atoms with van der Waals surface area (Å²) in [6.07, 6.45) is 4.03. The Bertz CT molecular complexity index is 171. The third kappa shape index (κ3) is 9.21. The van der Waals surface area contributed by atoms with E-state index in [0.29, 0.717) is 10.8 Å². The maximum atomic E-state index is 3.54. The van der Waals surface area contributed by atoms with Crippen LogP contribution in [0.1, 0.15) is 67.7 Å². The molecule has 0 unspecified atom stereocenters. The average molecular weight is 227 g/mol. The second-order valence-electron chi connectivity index (χ2n) is 7.50. The summed E-state index contributed by atoms with van der Waals surface area (Å²) < 4.78 is 0. The van der Waals surface area contributed by atoms with Crippen molar-refractivity contribution in [2.75, 3.05) is 13.1 Å². The quantitative estimate of drug-likeness (QED) is 0.660. The van der Waals surface area contributed by atoms with Gasteiger partial charge in [-0.25, -0.2) is 0 Å². The molecule has 0 heterocycles. The summed E-state index contributed by atoms with van der Waals surface area (Å²) in [7, 11) is 0. The smallest absolute Gasteiger partial charge is 0.0000126 e. The molecule has 0 aliphatic heterocycles. The first-order valence-corrected chi connectivity index (χ1v) is 6.83. The highest BCUT2D eigenvalue weighted by Crippen LogP contribution is 2.29. The standard InChI is InChI=1S/C15H33N/c1-13(15(5,6)7)10-8-9-11-16-12-14(2,3)4/h13,16H,8-12H2,1-7H3/t13-/m1/s1. The van der Waals surface area contributed by atoms with Gasteiger partial charge in [0, 0.05) is 0 Å². The highest BCUT2D eigenvalue weighted by atomic mass is 14.9. The van der Waals surface area contributed by atoms with Gasteiger partial charge in [0.15, 0.2) is 0 Å². The fraction of sp³-hybridized carbons (Fsp3) is 1.00. The highest BCUT2D eigenvalue weighted by Gasteiger charge is 2.18. The summed E-state index contributed by atoms with van der Waals surface area (Å²) in [5.41, 5.74) is 0.886. The highest BCUT2D eigenvalue weighted by molar-refractivity contribution is 4.70. The van der Waals surface area contributed by atoms with Gasteiger partial charge in [-0.15, -0.1) is 0 Å². The zero-order valence-corrected chi connectivity index (χ0v) is 12.6. The zero-order chi connectivity index (χ0) is 12.8. The van der Waals surface area contributed by atoms with Crippen LogP contribution >= 0.6 is 0 Å². The fourth-order valence-electron chi connectivity index (χ4n) is 1.60. The summed E-state index contributed by atoms with van der Waals surface area (Å²) in [6.45, 7) is 18.5. The maximum Gasteiger partial charge on any atom is -0.0000126 e. The van der Waals surface area contributed by atoms with Crippen LogP contribution in [0.25, 0.3) is 0 Å². The second kappa shape index (κ2) is 6.64. The molecule has 0 aromatic heterocycles. The molecule has 16 heavy (non-hydrogen) atoms. The summed E-state index contributed by atoms with van der Waals surface area (Å²) in [6, 6.07) is 0. The monoisotopic (exact) mass is 227 g/mol. The first-order chi connectivity index (χ1) is 7.13. The van der Waals surface area contributed by atoms with Gasteiger partial charge in [0.05, 0.1) is 0 Å². The number of rotatable bonds is 6. The largest absolute Gasteiger partial charge is 0.316 e. The van der Waals surface area contributed by atoms with Crippen molar-refractivity contribution in [2.45, 2.75) is 67.7 Å². The molecule has 1 atom stereocenters. The lowest BCUT2D eigenvalue weighted by molar-refractivity contribution is 0.240. The summed E-state index contributed by atoms with van der Waals surface area (Å²) in [5, 5.41) is 3.54. The van der Waals surface area contributed by atoms with Gasteiger partial charge in [0.25, 0.3) is 0 Å². The summed E-state index contributed by atoms with van der Waals surface area (Å²) in [5.74, 6) is 0.829. The Morgan fingerprint density at radius 1 is 0.938 bits per heavy atom. The molecule has 1 N–H and O–H groups in total. The van der Waals surface area contributed by atoms with Crippen LogP contribution in [0.3, 0.4) is 0 Å². The Labute approximate surface area is 103 Å². The van der Waals surface area contributed by atoms with E-state index in [1.807, 2.05) is 0 Å². The van der Waals surface area contributed by atoms with Crippen LogP contribution in [0.5, 0.6) is 0 Å². The van der Waals surface area contributed by atoms with Crippen molar-refractivity contribution in [2.24, 2.45) is 16.7 Å². The molecule has 0 aromatic carbocycles. The number of nitrogens with one attached hydrogen (secondary N) is 1. The molecule has 0 fully saturated rings. The molecule has 0 aliphatic carbocycles. The first-order valence-electron chi connectivity index (χ1n) is 6.83. The Hall–Kier alpha value is -0.0400. The van der Waals surface area contributed by atoms with E-state index in [1.54, 1.807) is 0 Å². The van der Waals surface area contributed by atoms with Gasteiger partial charge >= 0.3 is 0 Å². The van der Waals surface area contributed by atoms with Gasteiger partial charge in [-0.1, -0.05) is 61.3 Å². The lowest BCUT2D eigenvalue weighted by atomic mass is 9.79. The molecule has 0 amide bonds. The number of hydrogen-bond donors (Lipinski definition) is 1. The minimum Gasteiger partial charge on any atom is -0.316 e. The van der Waals surface area contributed by atoms with Gasteiger partial charge < -0.3 is 5.32 Å². The Kier molecular flexibility index (Phi) is 6.62. The fourth-order valence-corrected chi connectivity index (χ4v) is 1.60. The van der Waals surface area contributed by atoms with Crippen molar-refractivity contribution < 1.29 is 0 Å². The predicted octanol–water partition coefficient (Wildman–Crippen LogP) is 4.47. The molecular formula is C15H33N. The van der Waals surface area contributed by atoms with Crippen molar-refractivity contribution in [1.29, 1.82) is 0 Å². The molecule has 98 valence electrons. The van der Waals surface area contributed by atoms with Crippen LogP contribution in [0, 0.1) is 16.7 Å². The van der Waals surface area contributed by atoms with Crippen molar-refractivity contribution in [1.82, 2.24) is 5.32 Å². The molecule has 0 aromatic rings. The van der Waals surface area contributed by atoms with Crippen molar-refractivity contribution >= 4 is 0 Å². The van der Waals surface area contributed by atoms with Crippen LogP contribution < -0.4 is 5.32 Å². The van der Waals surface area contributed by atoms with Crippen LogP contribution in [0.4, 0.5) is 0 Å². The molecule has 0 bridgehead atoms. The van der Waals surface area contributed by atoms with Crippen LogP contribution in [-0.2, 0) is 0 Å². The third-order valence-electron chi connectivity index (χ3n) is 3.37. The predicted molar refractivity (Wildman–Crippen MR) is 74.8 cm³/mol. The molecule has 0 saturated heterocycles. The number of hydrogen-bond acceptors (Lipinski definition) is 1. The van der Waals surface area contributed by atoms with E-state index >= 15 is 0 Å². The first kappa shape index (κ1) is 16.0. The summed E-state index contributed by atoms with van der Waals surface area (Å²) in [4.78, 5) is 0. The van der Waals surface area contributed by atoms with Crippen molar-refractivity contribution in [3.63, 3.8) is 0 Å². The van der Waals surface area contributed by atoms with E-state index in [9.17, 15) is 0 Å². The van der Waals surface area contributed by atoms with Crippen LogP contribution in [-0.4, -0.2) is 13.1 Å². The van der Waals surface area contributed by atoms with Crippen LogP contribution in [0.2, 0.25) is 0 Å².